The molecule has 0 spiro atoms. The van der Waals surface area contributed by atoms with Crippen molar-refractivity contribution in [1.82, 2.24) is 0 Å². The van der Waals surface area contributed by atoms with Gasteiger partial charge < -0.3 is 14.9 Å². The molecule has 0 bridgehead atoms. The Balaban J connectivity index is 2.18. The first-order valence-corrected chi connectivity index (χ1v) is 8.69. The van der Waals surface area contributed by atoms with E-state index in [1.807, 2.05) is 0 Å². The van der Waals surface area contributed by atoms with Crippen LogP contribution in [0.3, 0.4) is 0 Å². The number of rotatable bonds is 5. The topological polar surface area (TPSA) is 87.1 Å². The lowest BCUT2D eigenvalue weighted by molar-refractivity contribution is -0.118. The molecule has 1 unspecified atom stereocenters. The molecule has 2 aromatic carbocycles. The summed E-state index contributed by atoms with van der Waals surface area (Å²) in [6.07, 6.45) is 0.125. The molecule has 1 heterocycles. The number of hydrogen-bond donors (Lipinski definition) is 2. The summed E-state index contributed by atoms with van der Waals surface area (Å²) in [6.45, 7) is 1.65. The Kier molecular flexibility index (Phi) is 5.10. The number of hydrogen-bond acceptors (Lipinski definition) is 5. The zero-order chi connectivity index (χ0) is 19.7. The molecule has 2 N–H and O–H groups in total. The minimum Gasteiger partial charge on any atom is -0.504 e. The van der Waals surface area contributed by atoms with Gasteiger partial charge in [0, 0.05) is 17.1 Å². The van der Waals surface area contributed by atoms with Crippen LogP contribution in [-0.2, 0) is 9.59 Å². The number of Topliss-reactive ketones (excluding diaryl/α,β-unsaturated/α-hetero) is 1. The van der Waals surface area contributed by atoms with E-state index >= 15 is 0 Å². The molecule has 7 heteroatoms. The maximum absolute atomic E-state index is 12.8. The largest absolute Gasteiger partial charge is 0.504 e. The molecule has 6 nitrogen and oxygen atoms in total. The number of methoxy groups -OCH3 is 1. The third kappa shape index (κ3) is 3.24. The van der Waals surface area contributed by atoms with Crippen molar-refractivity contribution in [3.63, 3.8) is 0 Å². The van der Waals surface area contributed by atoms with E-state index in [1.165, 1.54) is 18.1 Å². The van der Waals surface area contributed by atoms with Gasteiger partial charge in [0.25, 0.3) is 5.91 Å². The molecule has 1 amide bonds. The van der Waals surface area contributed by atoms with Crippen LogP contribution in [0, 0.1) is 0 Å². The summed E-state index contributed by atoms with van der Waals surface area (Å²) in [7, 11) is 1.42. The average Bonchev–Trinajstić information content (AvgIpc) is 2.93. The first kappa shape index (κ1) is 18.8. The molecular formula is C20H18ClNO5. The van der Waals surface area contributed by atoms with Crippen LogP contribution in [0.5, 0.6) is 11.5 Å². The molecule has 27 heavy (non-hydrogen) atoms. The fourth-order valence-electron chi connectivity index (χ4n) is 3.14. The van der Waals surface area contributed by atoms with Gasteiger partial charge >= 0.3 is 0 Å². The molecule has 0 radical (unpaired) electrons. The Morgan fingerprint density at radius 2 is 1.85 bits per heavy atom. The number of aliphatic hydroxyl groups excluding tert-OH is 1. The zero-order valence-corrected chi connectivity index (χ0v) is 15.5. The molecule has 1 aliphatic rings. The number of carbonyl (C=O) groups excluding carboxylic acids is 2. The second kappa shape index (κ2) is 7.32. The van der Waals surface area contributed by atoms with Gasteiger partial charge in [0.05, 0.1) is 18.7 Å². The summed E-state index contributed by atoms with van der Waals surface area (Å²) in [5, 5.41) is 21.0. The van der Waals surface area contributed by atoms with E-state index in [0.29, 0.717) is 16.3 Å². The highest BCUT2D eigenvalue weighted by atomic mass is 35.5. The number of aliphatic hydroxyl groups is 1. The molecule has 0 saturated heterocycles. The van der Waals surface area contributed by atoms with Crippen LogP contribution in [0.2, 0.25) is 5.02 Å². The van der Waals surface area contributed by atoms with Gasteiger partial charge in [-0.3, -0.25) is 14.5 Å². The van der Waals surface area contributed by atoms with Crippen LogP contribution in [0.15, 0.2) is 53.8 Å². The van der Waals surface area contributed by atoms with E-state index in [2.05, 4.69) is 0 Å². The standard InChI is InChI=1S/C20H18ClNO5/c1-3-14(23)17-18(11-4-9-16(27-2)15(24)10-11)22(20(26)19(17)25)13-7-5-12(21)6-8-13/h4-10,18,24-25H,3H2,1-2H3. The molecule has 140 valence electrons. The maximum atomic E-state index is 12.8. The quantitative estimate of drug-likeness (QED) is 0.811. The van der Waals surface area contributed by atoms with E-state index in [1.54, 1.807) is 43.3 Å². The molecule has 0 saturated carbocycles. The number of aromatic hydroxyl groups is 1. The van der Waals surface area contributed by atoms with Crippen LogP contribution in [0.1, 0.15) is 24.9 Å². The smallest absolute Gasteiger partial charge is 0.294 e. The monoisotopic (exact) mass is 387 g/mol. The predicted molar refractivity (Wildman–Crippen MR) is 101 cm³/mol. The number of anilines is 1. The van der Waals surface area contributed by atoms with E-state index in [9.17, 15) is 19.8 Å². The summed E-state index contributed by atoms with van der Waals surface area (Å²) >= 11 is 5.93. The Labute approximate surface area is 161 Å². The molecule has 0 fully saturated rings. The van der Waals surface area contributed by atoms with Crippen molar-refractivity contribution >= 4 is 29.0 Å². The van der Waals surface area contributed by atoms with Crippen molar-refractivity contribution in [2.75, 3.05) is 12.0 Å². The summed E-state index contributed by atoms with van der Waals surface area (Å²) in [5.74, 6) is -1.49. The molecule has 1 atom stereocenters. The first-order chi connectivity index (χ1) is 12.9. The number of ether oxygens (including phenoxy) is 1. The van der Waals surface area contributed by atoms with Crippen LogP contribution in [0.25, 0.3) is 0 Å². The van der Waals surface area contributed by atoms with E-state index in [4.69, 9.17) is 16.3 Å². The van der Waals surface area contributed by atoms with Gasteiger partial charge in [0.1, 0.15) is 0 Å². The summed E-state index contributed by atoms with van der Waals surface area (Å²) in [4.78, 5) is 26.6. The Morgan fingerprint density at radius 3 is 2.41 bits per heavy atom. The SMILES string of the molecule is CCC(=O)C1=C(O)C(=O)N(c2ccc(Cl)cc2)C1c1ccc(OC)c(O)c1. The molecule has 3 rings (SSSR count). The molecule has 0 aromatic heterocycles. The number of phenolic OH excluding ortho intramolecular Hbond substituents is 1. The number of amides is 1. The van der Waals surface area contributed by atoms with Gasteiger partial charge in [0.15, 0.2) is 23.0 Å². The normalized spacial score (nSPS) is 16.8. The van der Waals surface area contributed by atoms with Crippen molar-refractivity contribution in [3.8, 4) is 11.5 Å². The second-order valence-corrected chi connectivity index (χ2v) is 6.46. The summed E-state index contributed by atoms with van der Waals surface area (Å²) in [6, 6.07) is 10.2. The maximum Gasteiger partial charge on any atom is 0.294 e. The number of carbonyl (C=O) groups is 2. The van der Waals surface area contributed by atoms with Crippen molar-refractivity contribution in [2.45, 2.75) is 19.4 Å². The summed E-state index contributed by atoms with van der Waals surface area (Å²) < 4.78 is 5.05. The Morgan fingerprint density at radius 1 is 1.19 bits per heavy atom. The third-order valence-corrected chi connectivity index (χ3v) is 4.71. The van der Waals surface area contributed by atoms with E-state index < -0.39 is 17.7 Å². The van der Waals surface area contributed by atoms with E-state index in [0.717, 1.165) is 0 Å². The Bertz CT molecular complexity index is 936. The molecule has 0 aliphatic carbocycles. The van der Waals surface area contributed by atoms with Gasteiger partial charge in [-0.15, -0.1) is 0 Å². The van der Waals surface area contributed by atoms with Crippen LogP contribution in [-0.4, -0.2) is 29.0 Å². The number of phenols is 1. The third-order valence-electron chi connectivity index (χ3n) is 4.45. The van der Waals surface area contributed by atoms with Crippen molar-refractivity contribution < 1.29 is 24.5 Å². The van der Waals surface area contributed by atoms with E-state index in [-0.39, 0.29) is 29.3 Å². The average molecular weight is 388 g/mol. The molecule has 2 aromatic rings. The highest BCUT2D eigenvalue weighted by Gasteiger charge is 2.44. The minimum absolute atomic E-state index is 0.00187. The van der Waals surface area contributed by atoms with Gasteiger partial charge in [-0.25, -0.2) is 0 Å². The number of ketones is 1. The highest BCUT2D eigenvalue weighted by Crippen LogP contribution is 2.43. The van der Waals surface area contributed by atoms with Gasteiger partial charge in [0.2, 0.25) is 0 Å². The molecular weight excluding hydrogens is 370 g/mol. The fraction of sp³-hybridized carbons (Fsp3) is 0.200. The predicted octanol–water partition coefficient (Wildman–Crippen LogP) is 3.93. The number of benzene rings is 2. The van der Waals surface area contributed by atoms with Gasteiger partial charge in [-0.05, 0) is 42.0 Å². The van der Waals surface area contributed by atoms with Crippen molar-refractivity contribution in [2.24, 2.45) is 0 Å². The second-order valence-electron chi connectivity index (χ2n) is 6.02. The Hall–Kier alpha value is -2.99. The highest BCUT2D eigenvalue weighted by molar-refractivity contribution is 6.30. The molecule has 1 aliphatic heterocycles. The zero-order valence-electron chi connectivity index (χ0n) is 14.8. The fourth-order valence-corrected chi connectivity index (χ4v) is 3.27. The number of halogens is 1. The van der Waals surface area contributed by atoms with Gasteiger partial charge in [-0.2, -0.15) is 0 Å². The minimum atomic E-state index is -0.872. The lowest BCUT2D eigenvalue weighted by Gasteiger charge is -2.27. The number of nitrogens with zero attached hydrogens (tertiary/aromatic N) is 1. The first-order valence-electron chi connectivity index (χ1n) is 8.31. The lowest BCUT2D eigenvalue weighted by atomic mass is 9.94. The van der Waals surface area contributed by atoms with Crippen molar-refractivity contribution in [1.29, 1.82) is 0 Å². The lowest BCUT2D eigenvalue weighted by Crippen LogP contribution is -2.30. The van der Waals surface area contributed by atoms with Crippen LogP contribution >= 0.6 is 11.6 Å². The summed E-state index contributed by atoms with van der Waals surface area (Å²) in [5.41, 5.74) is 0.939. The van der Waals surface area contributed by atoms with Gasteiger partial charge in [-0.1, -0.05) is 24.6 Å². The van der Waals surface area contributed by atoms with Crippen LogP contribution < -0.4 is 9.64 Å². The van der Waals surface area contributed by atoms with Crippen molar-refractivity contribution in [3.05, 3.63) is 64.4 Å². The van der Waals surface area contributed by atoms with Crippen LogP contribution in [0.4, 0.5) is 5.69 Å².